The molecule has 0 spiro atoms. The van der Waals surface area contributed by atoms with Crippen molar-refractivity contribution < 1.29 is 0 Å². The fourth-order valence-electron chi connectivity index (χ4n) is 1.66. The Balaban J connectivity index is 2.15. The van der Waals surface area contributed by atoms with Crippen molar-refractivity contribution in [1.82, 2.24) is 9.97 Å². The van der Waals surface area contributed by atoms with Gasteiger partial charge in [0, 0.05) is 25.2 Å². The quantitative estimate of drug-likeness (QED) is 0.936. The molecule has 18 heavy (non-hydrogen) atoms. The first-order valence-electron chi connectivity index (χ1n) is 5.56. The summed E-state index contributed by atoms with van der Waals surface area (Å²) in [6, 6.07) is 1.85. The molecule has 0 fully saturated rings. The topological polar surface area (TPSA) is 55.0 Å². The Hall–Kier alpha value is -1.17. The van der Waals surface area contributed by atoms with Gasteiger partial charge in [0.15, 0.2) is 0 Å². The monoisotopic (exact) mass is 282 g/mol. The van der Waals surface area contributed by atoms with E-state index in [4.69, 9.17) is 17.3 Å². The standard InChI is InChI=1S/C12H15ClN4S/c1-8-16-10(7-18-8)6-17(2)12-11(13)3-9(4-14)5-15-12/h3,5,7H,4,6,14H2,1-2H3. The first kappa shape index (κ1) is 13.3. The summed E-state index contributed by atoms with van der Waals surface area (Å²) >= 11 is 7.84. The van der Waals surface area contributed by atoms with Crippen LogP contribution in [0.4, 0.5) is 5.82 Å². The van der Waals surface area contributed by atoms with Gasteiger partial charge in [0.05, 0.1) is 22.3 Å². The van der Waals surface area contributed by atoms with E-state index in [0.717, 1.165) is 22.1 Å². The fourth-order valence-corrected chi connectivity index (χ4v) is 2.60. The molecule has 6 heteroatoms. The third-order valence-electron chi connectivity index (χ3n) is 2.54. The lowest BCUT2D eigenvalue weighted by atomic mass is 10.3. The van der Waals surface area contributed by atoms with E-state index >= 15 is 0 Å². The molecular formula is C12H15ClN4S. The van der Waals surface area contributed by atoms with Gasteiger partial charge in [-0.15, -0.1) is 11.3 Å². The van der Waals surface area contributed by atoms with E-state index < -0.39 is 0 Å². The summed E-state index contributed by atoms with van der Waals surface area (Å²) in [7, 11) is 1.95. The number of pyridine rings is 1. The van der Waals surface area contributed by atoms with Crippen molar-refractivity contribution in [2.45, 2.75) is 20.0 Å². The number of nitrogens with zero attached hydrogens (tertiary/aromatic N) is 3. The van der Waals surface area contributed by atoms with Crippen LogP contribution in [0.3, 0.4) is 0 Å². The molecule has 0 aliphatic rings. The zero-order valence-electron chi connectivity index (χ0n) is 10.4. The minimum Gasteiger partial charge on any atom is -0.353 e. The molecule has 0 saturated carbocycles. The molecule has 2 rings (SSSR count). The maximum Gasteiger partial charge on any atom is 0.147 e. The second-order valence-electron chi connectivity index (χ2n) is 4.07. The van der Waals surface area contributed by atoms with E-state index in [0.29, 0.717) is 18.1 Å². The second-order valence-corrected chi connectivity index (χ2v) is 5.54. The molecular weight excluding hydrogens is 268 g/mol. The Morgan fingerprint density at radius 3 is 2.83 bits per heavy atom. The average Bonchev–Trinajstić information content (AvgIpc) is 2.74. The van der Waals surface area contributed by atoms with Gasteiger partial charge < -0.3 is 10.6 Å². The van der Waals surface area contributed by atoms with E-state index in [9.17, 15) is 0 Å². The third-order valence-corrected chi connectivity index (χ3v) is 3.64. The van der Waals surface area contributed by atoms with Crippen LogP contribution in [0.25, 0.3) is 0 Å². The molecule has 0 amide bonds. The highest BCUT2D eigenvalue weighted by atomic mass is 35.5. The van der Waals surface area contributed by atoms with Gasteiger partial charge in [0.25, 0.3) is 0 Å². The number of aromatic nitrogens is 2. The number of hydrogen-bond donors (Lipinski definition) is 1. The van der Waals surface area contributed by atoms with Crippen LogP contribution in [0.1, 0.15) is 16.3 Å². The van der Waals surface area contributed by atoms with Crippen LogP contribution in [0.15, 0.2) is 17.6 Å². The molecule has 2 heterocycles. The Morgan fingerprint density at radius 2 is 2.28 bits per heavy atom. The van der Waals surface area contributed by atoms with Crippen LogP contribution in [0.2, 0.25) is 5.02 Å². The van der Waals surface area contributed by atoms with Gasteiger partial charge in [-0.3, -0.25) is 0 Å². The summed E-state index contributed by atoms with van der Waals surface area (Å²) in [4.78, 5) is 10.8. The molecule has 0 radical (unpaired) electrons. The first-order chi connectivity index (χ1) is 8.60. The van der Waals surface area contributed by atoms with Crippen molar-refractivity contribution in [2.75, 3.05) is 11.9 Å². The van der Waals surface area contributed by atoms with Crippen molar-refractivity contribution in [2.24, 2.45) is 5.73 Å². The number of aryl methyl sites for hydroxylation is 1. The SMILES string of the molecule is Cc1nc(CN(C)c2ncc(CN)cc2Cl)cs1. The van der Waals surface area contributed by atoms with Gasteiger partial charge in [0.2, 0.25) is 0 Å². The lowest BCUT2D eigenvalue weighted by Gasteiger charge is -2.18. The number of thiazole rings is 1. The second kappa shape index (κ2) is 5.65. The number of anilines is 1. The van der Waals surface area contributed by atoms with Crippen molar-refractivity contribution in [1.29, 1.82) is 0 Å². The smallest absolute Gasteiger partial charge is 0.147 e. The minimum absolute atomic E-state index is 0.446. The molecule has 2 N–H and O–H groups in total. The summed E-state index contributed by atoms with van der Waals surface area (Å²) in [5.41, 5.74) is 7.51. The third kappa shape index (κ3) is 2.98. The molecule has 0 aromatic carbocycles. The van der Waals surface area contributed by atoms with Crippen molar-refractivity contribution >= 4 is 28.8 Å². The normalized spacial score (nSPS) is 10.7. The van der Waals surface area contributed by atoms with Crippen LogP contribution >= 0.6 is 22.9 Å². The molecule has 0 atom stereocenters. The van der Waals surface area contributed by atoms with Crippen molar-refractivity contribution in [3.63, 3.8) is 0 Å². The molecule has 0 aliphatic carbocycles. The van der Waals surface area contributed by atoms with Crippen LogP contribution < -0.4 is 10.6 Å². The summed E-state index contributed by atoms with van der Waals surface area (Å²) in [5.74, 6) is 0.750. The molecule has 0 unspecified atom stereocenters. The van der Waals surface area contributed by atoms with Crippen LogP contribution in [-0.2, 0) is 13.1 Å². The number of halogens is 1. The van der Waals surface area contributed by atoms with Gasteiger partial charge in [0.1, 0.15) is 5.82 Å². The Kier molecular flexibility index (Phi) is 4.16. The molecule has 0 saturated heterocycles. The number of nitrogens with two attached hydrogens (primary N) is 1. The van der Waals surface area contributed by atoms with E-state index in [1.165, 1.54) is 0 Å². The highest BCUT2D eigenvalue weighted by Gasteiger charge is 2.10. The number of hydrogen-bond acceptors (Lipinski definition) is 5. The van der Waals surface area contributed by atoms with E-state index in [1.54, 1.807) is 17.5 Å². The Bertz CT molecular complexity index is 541. The van der Waals surface area contributed by atoms with Crippen molar-refractivity contribution in [3.8, 4) is 0 Å². The van der Waals surface area contributed by atoms with Crippen LogP contribution in [-0.4, -0.2) is 17.0 Å². The van der Waals surface area contributed by atoms with E-state index in [1.807, 2.05) is 30.3 Å². The lowest BCUT2D eigenvalue weighted by molar-refractivity contribution is 0.867. The van der Waals surface area contributed by atoms with Gasteiger partial charge in [-0.1, -0.05) is 11.6 Å². The maximum absolute atomic E-state index is 6.20. The molecule has 96 valence electrons. The van der Waals surface area contributed by atoms with Gasteiger partial charge in [-0.05, 0) is 18.6 Å². The molecule has 2 aromatic heterocycles. The van der Waals surface area contributed by atoms with Crippen molar-refractivity contribution in [3.05, 3.63) is 38.9 Å². The summed E-state index contributed by atoms with van der Waals surface area (Å²) in [6.45, 7) is 3.14. The van der Waals surface area contributed by atoms with Gasteiger partial charge in [-0.2, -0.15) is 0 Å². The highest BCUT2D eigenvalue weighted by molar-refractivity contribution is 7.09. The number of rotatable bonds is 4. The largest absolute Gasteiger partial charge is 0.353 e. The van der Waals surface area contributed by atoms with Crippen LogP contribution in [0.5, 0.6) is 0 Å². The fraction of sp³-hybridized carbons (Fsp3) is 0.333. The van der Waals surface area contributed by atoms with Gasteiger partial charge >= 0.3 is 0 Å². The Labute approximate surface area is 115 Å². The minimum atomic E-state index is 0.446. The zero-order chi connectivity index (χ0) is 13.1. The van der Waals surface area contributed by atoms with Crippen LogP contribution in [0, 0.1) is 6.92 Å². The summed E-state index contributed by atoms with van der Waals surface area (Å²) in [5, 5.41) is 3.73. The molecule has 0 bridgehead atoms. The zero-order valence-corrected chi connectivity index (χ0v) is 11.9. The lowest BCUT2D eigenvalue weighted by Crippen LogP contribution is -2.18. The molecule has 2 aromatic rings. The molecule has 4 nitrogen and oxygen atoms in total. The van der Waals surface area contributed by atoms with E-state index in [2.05, 4.69) is 9.97 Å². The predicted octanol–water partition coefficient (Wildman–Crippen LogP) is 2.60. The molecule has 0 aliphatic heterocycles. The summed E-state index contributed by atoms with van der Waals surface area (Å²) in [6.07, 6.45) is 1.75. The average molecular weight is 283 g/mol. The van der Waals surface area contributed by atoms with E-state index in [-0.39, 0.29) is 0 Å². The van der Waals surface area contributed by atoms with Gasteiger partial charge in [-0.25, -0.2) is 9.97 Å². The maximum atomic E-state index is 6.20. The first-order valence-corrected chi connectivity index (χ1v) is 6.82. The highest BCUT2D eigenvalue weighted by Crippen LogP contribution is 2.24. The Morgan fingerprint density at radius 1 is 1.50 bits per heavy atom. The predicted molar refractivity (Wildman–Crippen MR) is 76.1 cm³/mol. The summed E-state index contributed by atoms with van der Waals surface area (Å²) < 4.78 is 0.